The lowest BCUT2D eigenvalue weighted by Crippen LogP contribution is -2.38. The number of nitrogens with one attached hydrogen (secondary N) is 1. The lowest BCUT2D eigenvalue weighted by Gasteiger charge is -2.25. The topological polar surface area (TPSA) is 66.5 Å². The van der Waals surface area contributed by atoms with Gasteiger partial charge in [0.25, 0.3) is 10.0 Å². The van der Waals surface area contributed by atoms with Gasteiger partial charge in [-0.25, -0.2) is 8.42 Å². The van der Waals surface area contributed by atoms with Crippen molar-refractivity contribution in [2.75, 3.05) is 16.2 Å². The summed E-state index contributed by atoms with van der Waals surface area (Å²) >= 11 is 5.87. The second kappa shape index (κ2) is 8.68. The molecule has 1 amide bonds. The van der Waals surface area contributed by atoms with Gasteiger partial charge in [-0.2, -0.15) is 0 Å². The van der Waals surface area contributed by atoms with Crippen molar-refractivity contribution in [3.63, 3.8) is 0 Å². The third-order valence-corrected chi connectivity index (χ3v) is 6.56. The van der Waals surface area contributed by atoms with Crippen LogP contribution in [0.15, 0.2) is 77.7 Å². The smallest absolute Gasteiger partial charge is 0.264 e. The fourth-order valence-electron chi connectivity index (χ4n) is 2.78. The van der Waals surface area contributed by atoms with Crippen molar-refractivity contribution in [1.82, 2.24) is 0 Å². The normalized spacial score (nSPS) is 11.1. The van der Waals surface area contributed by atoms with Crippen LogP contribution in [0.4, 0.5) is 11.4 Å². The number of nitrogens with zero attached hydrogens (tertiary/aromatic N) is 1. The Morgan fingerprint density at radius 2 is 1.59 bits per heavy atom. The molecule has 150 valence electrons. The van der Waals surface area contributed by atoms with Crippen LogP contribution in [0.5, 0.6) is 0 Å². The molecular formula is C22H21ClN2O3S. The van der Waals surface area contributed by atoms with E-state index in [9.17, 15) is 13.2 Å². The Labute approximate surface area is 176 Å². The van der Waals surface area contributed by atoms with Gasteiger partial charge in [-0.1, -0.05) is 35.9 Å². The number of rotatable bonds is 6. The lowest BCUT2D eigenvalue weighted by molar-refractivity contribution is -0.114. The molecule has 0 aliphatic heterocycles. The fraction of sp³-hybridized carbons (Fsp3) is 0.136. The van der Waals surface area contributed by atoms with Crippen molar-refractivity contribution in [3.05, 3.63) is 88.9 Å². The van der Waals surface area contributed by atoms with E-state index in [4.69, 9.17) is 11.6 Å². The first-order chi connectivity index (χ1) is 13.8. The van der Waals surface area contributed by atoms with Gasteiger partial charge in [0.2, 0.25) is 5.91 Å². The molecule has 0 fully saturated rings. The standard InChI is InChI=1S/C22H21ClN2O3S/c1-16-8-13-20(14-17(16)2)25(29(27,28)21-6-4-3-5-7-21)15-22(26)24-19-11-9-18(23)10-12-19/h3-14H,15H2,1-2H3,(H,24,26). The monoisotopic (exact) mass is 428 g/mol. The molecule has 0 radical (unpaired) electrons. The van der Waals surface area contributed by atoms with E-state index in [0.717, 1.165) is 15.4 Å². The van der Waals surface area contributed by atoms with E-state index in [0.29, 0.717) is 16.4 Å². The van der Waals surface area contributed by atoms with Gasteiger partial charge in [0.05, 0.1) is 10.6 Å². The summed E-state index contributed by atoms with van der Waals surface area (Å²) in [6.45, 7) is 3.49. The van der Waals surface area contributed by atoms with Crippen LogP contribution in [0.3, 0.4) is 0 Å². The number of sulfonamides is 1. The molecule has 0 atom stereocenters. The molecule has 29 heavy (non-hydrogen) atoms. The predicted molar refractivity (Wildman–Crippen MR) is 117 cm³/mol. The average molecular weight is 429 g/mol. The van der Waals surface area contributed by atoms with E-state index in [2.05, 4.69) is 5.32 Å². The van der Waals surface area contributed by atoms with E-state index in [1.54, 1.807) is 54.6 Å². The lowest BCUT2D eigenvalue weighted by atomic mass is 10.1. The Morgan fingerprint density at radius 1 is 0.931 bits per heavy atom. The molecule has 3 aromatic rings. The number of amides is 1. The molecule has 0 saturated heterocycles. The maximum absolute atomic E-state index is 13.3. The predicted octanol–water partition coefficient (Wildman–Crippen LogP) is 4.79. The van der Waals surface area contributed by atoms with Crippen LogP contribution >= 0.6 is 11.6 Å². The Morgan fingerprint density at radius 3 is 2.21 bits per heavy atom. The summed E-state index contributed by atoms with van der Waals surface area (Å²) in [7, 11) is -3.93. The van der Waals surface area contributed by atoms with E-state index in [1.165, 1.54) is 12.1 Å². The third kappa shape index (κ3) is 4.96. The molecule has 0 aliphatic rings. The second-order valence-corrected chi connectivity index (χ2v) is 8.95. The number of hydrogen-bond donors (Lipinski definition) is 1. The zero-order chi connectivity index (χ0) is 21.0. The summed E-state index contributed by atoms with van der Waals surface area (Å²) in [6.07, 6.45) is 0. The number of carbonyl (C=O) groups is 1. The van der Waals surface area contributed by atoms with Gasteiger partial charge in [0.1, 0.15) is 6.54 Å². The number of hydrogen-bond acceptors (Lipinski definition) is 3. The average Bonchev–Trinajstić information content (AvgIpc) is 2.71. The first-order valence-corrected chi connectivity index (χ1v) is 10.8. The number of aryl methyl sites for hydroxylation is 2. The Kier molecular flexibility index (Phi) is 6.25. The van der Waals surface area contributed by atoms with E-state index < -0.39 is 15.9 Å². The number of halogens is 1. The van der Waals surface area contributed by atoms with Crippen LogP contribution in [0, 0.1) is 13.8 Å². The molecule has 0 saturated carbocycles. The highest BCUT2D eigenvalue weighted by Gasteiger charge is 2.27. The molecule has 3 aromatic carbocycles. The molecule has 7 heteroatoms. The van der Waals surface area contributed by atoms with Crippen LogP contribution in [0.1, 0.15) is 11.1 Å². The first-order valence-electron chi connectivity index (χ1n) is 8.98. The summed E-state index contributed by atoms with van der Waals surface area (Å²) in [5.41, 5.74) is 2.95. The zero-order valence-corrected chi connectivity index (χ0v) is 17.7. The summed E-state index contributed by atoms with van der Waals surface area (Å²) < 4.78 is 27.7. The molecule has 0 heterocycles. The molecule has 1 N–H and O–H groups in total. The van der Waals surface area contributed by atoms with Gasteiger partial charge in [-0.3, -0.25) is 9.10 Å². The van der Waals surface area contributed by atoms with Crippen molar-refractivity contribution in [3.8, 4) is 0 Å². The Bertz CT molecular complexity index is 1110. The van der Waals surface area contributed by atoms with E-state index >= 15 is 0 Å². The summed E-state index contributed by atoms with van der Waals surface area (Å²) in [6, 6.07) is 20.0. The van der Waals surface area contributed by atoms with Crippen LogP contribution in [-0.4, -0.2) is 20.9 Å². The van der Waals surface area contributed by atoms with Crippen LogP contribution < -0.4 is 9.62 Å². The maximum Gasteiger partial charge on any atom is 0.264 e. The Balaban J connectivity index is 1.95. The van der Waals surface area contributed by atoms with Crippen LogP contribution in [0.2, 0.25) is 5.02 Å². The van der Waals surface area contributed by atoms with Gasteiger partial charge in [-0.15, -0.1) is 0 Å². The maximum atomic E-state index is 13.3. The Hall–Kier alpha value is -2.83. The molecular weight excluding hydrogens is 408 g/mol. The van der Waals surface area contributed by atoms with Gasteiger partial charge in [0, 0.05) is 10.7 Å². The largest absolute Gasteiger partial charge is 0.325 e. The van der Waals surface area contributed by atoms with Crippen LogP contribution in [-0.2, 0) is 14.8 Å². The van der Waals surface area contributed by atoms with Gasteiger partial charge < -0.3 is 5.32 Å². The van der Waals surface area contributed by atoms with E-state index in [-0.39, 0.29) is 11.4 Å². The third-order valence-electron chi connectivity index (χ3n) is 4.52. The van der Waals surface area contributed by atoms with Crippen molar-refractivity contribution in [2.24, 2.45) is 0 Å². The quantitative estimate of drug-likeness (QED) is 0.613. The highest BCUT2D eigenvalue weighted by atomic mass is 35.5. The molecule has 0 bridgehead atoms. The second-order valence-electron chi connectivity index (χ2n) is 6.65. The minimum absolute atomic E-state index is 0.123. The highest BCUT2D eigenvalue weighted by Crippen LogP contribution is 2.26. The fourth-order valence-corrected chi connectivity index (χ4v) is 4.34. The molecule has 0 unspecified atom stereocenters. The van der Waals surface area contributed by atoms with Crippen molar-refractivity contribution < 1.29 is 13.2 Å². The molecule has 0 aromatic heterocycles. The number of anilines is 2. The van der Waals surface area contributed by atoms with Crippen LogP contribution in [0.25, 0.3) is 0 Å². The van der Waals surface area contributed by atoms with Crippen molar-refractivity contribution in [1.29, 1.82) is 0 Å². The SMILES string of the molecule is Cc1ccc(N(CC(=O)Nc2ccc(Cl)cc2)S(=O)(=O)c2ccccc2)cc1C. The molecule has 0 aliphatic carbocycles. The highest BCUT2D eigenvalue weighted by molar-refractivity contribution is 7.92. The minimum Gasteiger partial charge on any atom is -0.325 e. The number of benzene rings is 3. The molecule has 5 nitrogen and oxygen atoms in total. The summed E-state index contributed by atoms with van der Waals surface area (Å²) in [5.74, 6) is -0.454. The van der Waals surface area contributed by atoms with Gasteiger partial charge in [-0.05, 0) is 73.5 Å². The summed E-state index contributed by atoms with van der Waals surface area (Å²) in [5, 5.41) is 3.26. The molecule has 3 rings (SSSR count). The van der Waals surface area contributed by atoms with Crippen molar-refractivity contribution in [2.45, 2.75) is 18.7 Å². The van der Waals surface area contributed by atoms with Gasteiger partial charge in [0.15, 0.2) is 0 Å². The van der Waals surface area contributed by atoms with Crippen molar-refractivity contribution >= 4 is 38.9 Å². The van der Waals surface area contributed by atoms with E-state index in [1.807, 2.05) is 19.9 Å². The number of carbonyl (C=O) groups excluding carboxylic acids is 1. The van der Waals surface area contributed by atoms with Gasteiger partial charge >= 0.3 is 0 Å². The first kappa shape index (κ1) is 20.9. The summed E-state index contributed by atoms with van der Waals surface area (Å²) in [4.78, 5) is 12.8. The molecule has 0 spiro atoms. The minimum atomic E-state index is -3.93. The zero-order valence-electron chi connectivity index (χ0n) is 16.1.